The molecule has 3 rings (SSSR count). The number of hydrogen-bond donors (Lipinski definition) is 0. The molecule has 17 heavy (non-hydrogen) atoms. The largest absolute Gasteiger partial charge is 0.441 e. The Morgan fingerprint density at radius 1 is 1.18 bits per heavy atom. The number of rotatable bonds is 1. The highest BCUT2D eigenvalue weighted by Crippen LogP contribution is 2.26. The monoisotopic (exact) mass is 230 g/mol. The molecule has 0 saturated heterocycles. The molecule has 0 N–H and O–H groups in total. The Morgan fingerprint density at radius 3 is 2.71 bits per heavy atom. The summed E-state index contributed by atoms with van der Waals surface area (Å²) in [5.41, 5.74) is 0.968. The average molecular weight is 230 g/mol. The Hall–Kier alpha value is -1.97. The Balaban J connectivity index is 1.87. The van der Waals surface area contributed by atoms with Crippen LogP contribution in [0.4, 0.5) is 0 Å². The van der Waals surface area contributed by atoms with E-state index in [4.69, 9.17) is 9.47 Å². The molecular weight excluding hydrogens is 216 g/mol. The van der Waals surface area contributed by atoms with E-state index in [1.165, 1.54) is 0 Å². The molecule has 2 unspecified atom stereocenters. The lowest BCUT2D eigenvalue weighted by atomic mass is 10.2. The van der Waals surface area contributed by atoms with Gasteiger partial charge in [-0.2, -0.15) is 0 Å². The van der Waals surface area contributed by atoms with Crippen molar-refractivity contribution >= 4 is 5.90 Å². The van der Waals surface area contributed by atoms with Crippen LogP contribution in [0, 0.1) is 0 Å². The van der Waals surface area contributed by atoms with Gasteiger partial charge >= 0.3 is 6.41 Å². The zero-order chi connectivity index (χ0) is 11.8. The third kappa shape index (κ3) is 1.75. The first-order chi connectivity index (χ1) is 8.24. The van der Waals surface area contributed by atoms with E-state index in [1.807, 2.05) is 48.3 Å². The van der Waals surface area contributed by atoms with Crippen molar-refractivity contribution in [2.75, 3.05) is 0 Å². The second-order valence-electron chi connectivity index (χ2n) is 4.21. The fourth-order valence-corrected chi connectivity index (χ4v) is 2.01. The summed E-state index contributed by atoms with van der Waals surface area (Å²) in [5, 5.41) is 6.28. The molecule has 4 nitrogen and oxygen atoms in total. The van der Waals surface area contributed by atoms with Crippen LogP contribution in [0.1, 0.15) is 19.4 Å². The highest BCUT2D eigenvalue weighted by molar-refractivity contribution is 5.94. The zero-order valence-corrected chi connectivity index (χ0v) is 9.83. The van der Waals surface area contributed by atoms with Gasteiger partial charge in [0.2, 0.25) is 5.90 Å². The van der Waals surface area contributed by atoms with Crippen molar-refractivity contribution in [3.63, 3.8) is 0 Å². The van der Waals surface area contributed by atoms with Gasteiger partial charge in [0.1, 0.15) is 0 Å². The molecule has 2 heterocycles. The number of ether oxygens (including phenoxy) is 2. The topological polar surface area (TPSA) is 34.1 Å². The molecule has 0 radical (unpaired) electrons. The number of fused-ring (bicyclic) bond motifs is 1. The highest BCUT2D eigenvalue weighted by Gasteiger charge is 2.35. The van der Waals surface area contributed by atoms with Gasteiger partial charge in [0.15, 0.2) is 0 Å². The highest BCUT2D eigenvalue weighted by atomic mass is 16.7. The van der Waals surface area contributed by atoms with Gasteiger partial charge in [-0.1, -0.05) is 18.2 Å². The Labute approximate surface area is 100 Å². The summed E-state index contributed by atoms with van der Waals surface area (Å²) in [6.07, 6.45) is 1.60. The number of allylic oxidation sites excluding steroid dienone is 1. The van der Waals surface area contributed by atoms with E-state index < -0.39 is 6.41 Å². The summed E-state index contributed by atoms with van der Waals surface area (Å²) in [4.78, 5) is 0. The molecule has 1 aromatic carbocycles. The summed E-state index contributed by atoms with van der Waals surface area (Å²) < 4.78 is 11.3. The maximum Gasteiger partial charge on any atom is 0.344 e. The standard InChI is InChI=1S/C13H14N2O2/c1-9-8-10(2)16-13-15(9)14-12(17-13)11-6-4-3-5-7-11/h3-9,13H,1-2H3. The molecule has 0 bridgehead atoms. The van der Waals surface area contributed by atoms with E-state index >= 15 is 0 Å². The van der Waals surface area contributed by atoms with E-state index in [1.54, 1.807) is 0 Å². The van der Waals surface area contributed by atoms with Crippen LogP contribution in [0.15, 0.2) is 47.3 Å². The van der Waals surface area contributed by atoms with E-state index in [9.17, 15) is 0 Å². The summed E-state index contributed by atoms with van der Waals surface area (Å²) in [5.74, 6) is 1.49. The van der Waals surface area contributed by atoms with Gasteiger partial charge < -0.3 is 9.47 Å². The van der Waals surface area contributed by atoms with Gasteiger partial charge in [-0.3, -0.25) is 0 Å². The van der Waals surface area contributed by atoms with E-state index in [2.05, 4.69) is 12.0 Å². The summed E-state index contributed by atoms with van der Waals surface area (Å²) in [7, 11) is 0. The van der Waals surface area contributed by atoms with Crippen molar-refractivity contribution in [2.24, 2.45) is 5.10 Å². The molecule has 0 aliphatic carbocycles. The summed E-state index contributed by atoms with van der Waals surface area (Å²) >= 11 is 0. The SMILES string of the molecule is CC1=CC(C)N2N=C(c3ccccc3)OC2O1. The van der Waals surface area contributed by atoms with Gasteiger partial charge in [0, 0.05) is 5.56 Å². The molecular formula is C13H14N2O2. The normalized spacial score (nSPS) is 26.6. The predicted octanol–water partition coefficient (Wildman–Crippen LogP) is 2.29. The quantitative estimate of drug-likeness (QED) is 0.742. The maximum atomic E-state index is 5.71. The van der Waals surface area contributed by atoms with Crippen molar-refractivity contribution in [2.45, 2.75) is 26.3 Å². The van der Waals surface area contributed by atoms with Crippen LogP contribution >= 0.6 is 0 Å². The number of nitrogens with zero attached hydrogens (tertiary/aromatic N) is 2. The minimum Gasteiger partial charge on any atom is -0.441 e. The third-order valence-corrected chi connectivity index (χ3v) is 2.84. The van der Waals surface area contributed by atoms with Crippen molar-refractivity contribution in [3.05, 3.63) is 47.7 Å². The van der Waals surface area contributed by atoms with Crippen molar-refractivity contribution in [1.82, 2.24) is 5.01 Å². The Bertz CT molecular complexity index is 481. The molecule has 2 aliphatic heterocycles. The molecule has 0 saturated carbocycles. The van der Waals surface area contributed by atoms with Gasteiger partial charge in [-0.05, 0) is 32.1 Å². The predicted molar refractivity (Wildman–Crippen MR) is 64.0 cm³/mol. The lowest BCUT2D eigenvalue weighted by Gasteiger charge is -2.30. The molecule has 0 aromatic heterocycles. The second kappa shape index (κ2) is 3.80. The Morgan fingerprint density at radius 2 is 1.94 bits per heavy atom. The van der Waals surface area contributed by atoms with Crippen LogP contribution in [0.5, 0.6) is 0 Å². The maximum absolute atomic E-state index is 5.71. The third-order valence-electron chi connectivity index (χ3n) is 2.84. The molecule has 0 amide bonds. The number of benzene rings is 1. The Kier molecular flexibility index (Phi) is 2.28. The van der Waals surface area contributed by atoms with Crippen LogP contribution in [0.25, 0.3) is 0 Å². The average Bonchev–Trinajstić information content (AvgIpc) is 2.74. The fourth-order valence-electron chi connectivity index (χ4n) is 2.01. The summed E-state index contributed by atoms with van der Waals surface area (Å²) in [6, 6.07) is 10.0. The molecule has 4 heteroatoms. The van der Waals surface area contributed by atoms with Crippen LogP contribution in [-0.2, 0) is 9.47 Å². The minimum atomic E-state index is -0.426. The lowest BCUT2D eigenvalue weighted by Crippen LogP contribution is -2.39. The van der Waals surface area contributed by atoms with Gasteiger partial charge in [-0.15, -0.1) is 5.10 Å². The van der Waals surface area contributed by atoms with Crippen molar-refractivity contribution in [3.8, 4) is 0 Å². The smallest absolute Gasteiger partial charge is 0.344 e. The number of hydrogen-bond acceptors (Lipinski definition) is 4. The van der Waals surface area contributed by atoms with Crippen LogP contribution in [-0.4, -0.2) is 23.4 Å². The van der Waals surface area contributed by atoms with Gasteiger partial charge in [0.25, 0.3) is 0 Å². The van der Waals surface area contributed by atoms with Crippen LogP contribution in [0.3, 0.4) is 0 Å². The van der Waals surface area contributed by atoms with Gasteiger partial charge in [-0.25, -0.2) is 5.01 Å². The second-order valence-corrected chi connectivity index (χ2v) is 4.21. The van der Waals surface area contributed by atoms with Crippen molar-refractivity contribution in [1.29, 1.82) is 0 Å². The van der Waals surface area contributed by atoms with E-state index in [0.29, 0.717) is 5.90 Å². The molecule has 0 fully saturated rings. The van der Waals surface area contributed by atoms with E-state index in [0.717, 1.165) is 11.3 Å². The zero-order valence-electron chi connectivity index (χ0n) is 9.83. The van der Waals surface area contributed by atoms with Crippen LogP contribution < -0.4 is 0 Å². The summed E-state index contributed by atoms with van der Waals surface area (Å²) in [6.45, 7) is 4.00. The van der Waals surface area contributed by atoms with Gasteiger partial charge in [0.05, 0.1) is 11.8 Å². The fraction of sp³-hybridized carbons (Fsp3) is 0.308. The first-order valence-electron chi connectivity index (χ1n) is 5.68. The van der Waals surface area contributed by atoms with E-state index in [-0.39, 0.29) is 6.04 Å². The van der Waals surface area contributed by atoms with Crippen LogP contribution in [0.2, 0.25) is 0 Å². The molecule has 88 valence electrons. The number of hydrazone groups is 1. The molecule has 2 aliphatic rings. The lowest BCUT2D eigenvalue weighted by molar-refractivity contribution is -0.155. The first kappa shape index (κ1) is 10.2. The van der Waals surface area contributed by atoms with Crippen molar-refractivity contribution < 1.29 is 9.47 Å². The molecule has 0 spiro atoms. The molecule has 1 aromatic rings. The minimum absolute atomic E-state index is 0.190. The first-order valence-corrected chi connectivity index (χ1v) is 5.68. The molecule has 2 atom stereocenters.